The van der Waals surface area contributed by atoms with Crippen LogP contribution < -0.4 is 5.73 Å². The average molecular weight is 315 g/mol. The van der Waals surface area contributed by atoms with Gasteiger partial charge < -0.3 is 10.6 Å². The van der Waals surface area contributed by atoms with Crippen molar-refractivity contribution in [3.05, 3.63) is 11.4 Å². The highest BCUT2D eigenvalue weighted by atomic mass is 32.2. The van der Waals surface area contributed by atoms with Crippen LogP contribution in [0.25, 0.3) is 0 Å². The van der Waals surface area contributed by atoms with E-state index in [0.29, 0.717) is 35.9 Å². The van der Waals surface area contributed by atoms with Crippen LogP contribution in [0.2, 0.25) is 0 Å². The van der Waals surface area contributed by atoms with E-state index in [1.165, 1.54) is 0 Å². The molecule has 1 aliphatic heterocycles. The van der Waals surface area contributed by atoms with Crippen LogP contribution in [0.5, 0.6) is 0 Å². The predicted molar refractivity (Wildman–Crippen MR) is 81.6 cm³/mol. The summed E-state index contributed by atoms with van der Waals surface area (Å²) in [7, 11) is -1.70. The van der Waals surface area contributed by atoms with E-state index in [1.807, 2.05) is 0 Å². The first-order valence-electron chi connectivity index (χ1n) is 7.30. The fraction of sp³-hybridized carbons (Fsp3) is 0.769. The van der Waals surface area contributed by atoms with E-state index >= 15 is 0 Å². The van der Waals surface area contributed by atoms with E-state index in [0.717, 1.165) is 26.1 Å². The summed E-state index contributed by atoms with van der Waals surface area (Å²) in [5.41, 5.74) is 6.84. The molecule has 1 aromatic heterocycles. The Balaban J connectivity index is 2.24. The maximum atomic E-state index is 12.9. The Kier molecular flexibility index (Phi) is 5.03. The van der Waals surface area contributed by atoms with Crippen molar-refractivity contribution < 1.29 is 8.42 Å². The summed E-state index contributed by atoms with van der Waals surface area (Å²) in [4.78, 5) is 2.58. The van der Waals surface area contributed by atoms with Crippen LogP contribution in [-0.4, -0.2) is 66.7 Å². The number of sulfonamides is 1. The molecule has 0 aromatic carbocycles. The van der Waals surface area contributed by atoms with Crippen molar-refractivity contribution in [2.75, 3.05) is 39.3 Å². The van der Waals surface area contributed by atoms with Crippen molar-refractivity contribution in [1.82, 2.24) is 19.0 Å². The van der Waals surface area contributed by atoms with Crippen molar-refractivity contribution in [2.45, 2.75) is 25.2 Å². The molecule has 1 aliphatic rings. The van der Waals surface area contributed by atoms with Crippen LogP contribution in [-0.2, 0) is 17.1 Å². The van der Waals surface area contributed by atoms with Crippen molar-refractivity contribution in [2.24, 2.45) is 12.8 Å². The first-order chi connectivity index (χ1) is 9.87. The molecule has 0 atom stereocenters. The zero-order chi connectivity index (χ0) is 15.6. The third kappa shape index (κ3) is 3.28. The monoisotopic (exact) mass is 315 g/mol. The van der Waals surface area contributed by atoms with Crippen LogP contribution in [0.1, 0.15) is 17.8 Å². The maximum absolute atomic E-state index is 12.9. The first kappa shape index (κ1) is 16.4. The van der Waals surface area contributed by atoms with Gasteiger partial charge in [-0.25, -0.2) is 8.42 Å². The number of rotatable bonds is 4. The Bertz CT molecular complexity index is 596. The van der Waals surface area contributed by atoms with E-state index in [9.17, 15) is 8.42 Å². The zero-order valence-electron chi connectivity index (χ0n) is 13.0. The fourth-order valence-electron chi connectivity index (χ4n) is 2.85. The molecule has 7 nitrogen and oxygen atoms in total. The molecule has 0 radical (unpaired) electrons. The van der Waals surface area contributed by atoms with Gasteiger partial charge in [-0.3, -0.25) is 4.68 Å². The van der Waals surface area contributed by atoms with Crippen LogP contribution in [0.15, 0.2) is 4.90 Å². The van der Waals surface area contributed by atoms with Crippen LogP contribution in [0, 0.1) is 13.8 Å². The smallest absolute Gasteiger partial charge is 0.246 e. The topological polar surface area (TPSA) is 84.5 Å². The van der Waals surface area contributed by atoms with Gasteiger partial charge >= 0.3 is 0 Å². The Hall–Kier alpha value is -0.960. The molecule has 1 fully saturated rings. The lowest BCUT2D eigenvalue weighted by Crippen LogP contribution is -2.36. The van der Waals surface area contributed by atoms with Crippen LogP contribution >= 0.6 is 0 Å². The lowest BCUT2D eigenvalue weighted by molar-refractivity contribution is 0.294. The van der Waals surface area contributed by atoms with Gasteiger partial charge in [-0.1, -0.05) is 0 Å². The van der Waals surface area contributed by atoms with E-state index in [-0.39, 0.29) is 0 Å². The van der Waals surface area contributed by atoms with E-state index in [2.05, 4.69) is 10.00 Å². The van der Waals surface area contributed by atoms with Crippen LogP contribution in [0.3, 0.4) is 0 Å². The SMILES string of the molecule is Cc1nn(C)c(C)c1S(=O)(=O)N1CCCN(CCN)CC1. The minimum atomic E-state index is -3.47. The molecular weight excluding hydrogens is 290 g/mol. The van der Waals surface area contributed by atoms with Gasteiger partial charge in [-0.05, 0) is 26.8 Å². The zero-order valence-corrected chi connectivity index (χ0v) is 13.9. The van der Waals surface area contributed by atoms with E-state index < -0.39 is 10.0 Å². The number of aryl methyl sites for hydroxylation is 2. The average Bonchev–Trinajstić information content (AvgIpc) is 2.58. The summed E-state index contributed by atoms with van der Waals surface area (Å²) in [5, 5.41) is 4.22. The number of hydrogen-bond acceptors (Lipinski definition) is 5. The second-order valence-corrected chi connectivity index (χ2v) is 7.39. The van der Waals surface area contributed by atoms with Crippen molar-refractivity contribution in [3.63, 3.8) is 0 Å². The fourth-order valence-corrected chi connectivity index (χ4v) is 4.72. The van der Waals surface area contributed by atoms with Gasteiger partial charge in [0.25, 0.3) is 0 Å². The standard InChI is InChI=1S/C13H25N5O2S/c1-11-13(12(2)16(3)15-11)21(19,20)18-7-4-6-17(8-5-14)9-10-18/h4-10,14H2,1-3H3. The number of nitrogens with two attached hydrogens (primary N) is 1. The molecule has 21 heavy (non-hydrogen) atoms. The first-order valence-corrected chi connectivity index (χ1v) is 8.74. The van der Waals surface area contributed by atoms with Crippen molar-refractivity contribution >= 4 is 10.0 Å². The summed E-state index contributed by atoms with van der Waals surface area (Å²) in [6.45, 7) is 7.66. The Morgan fingerprint density at radius 2 is 1.90 bits per heavy atom. The number of hydrogen-bond donors (Lipinski definition) is 1. The predicted octanol–water partition coefficient (Wildman–Crippen LogP) is -0.308. The summed E-state index contributed by atoms with van der Waals surface area (Å²) >= 11 is 0. The maximum Gasteiger partial charge on any atom is 0.246 e. The third-order valence-corrected chi connectivity index (χ3v) is 6.19. The van der Waals surface area contributed by atoms with Gasteiger partial charge in [0.15, 0.2) is 0 Å². The summed E-state index contributed by atoms with van der Waals surface area (Å²) < 4.78 is 29.0. The molecule has 0 spiro atoms. The molecule has 1 saturated heterocycles. The van der Waals surface area contributed by atoms with Gasteiger partial charge in [0.1, 0.15) is 4.90 Å². The number of aromatic nitrogens is 2. The Labute approximate surface area is 126 Å². The van der Waals surface area contributed by atoms with Crippen LogP contribution in [0.4, 0.5) is 0 Å². The van der Waals surface area contributed by atoms with Gasteiger partial charge in [-0.2, -0.15) is 9.40 Å². The minimum absolute atomic E-state index is 0.359. The summed E-state index contributed by atoms with van der Waals surface area (Å²) in [6.07, 6.45) is 0.831. The third-order valence-electron chi connectivity index (χ3n) is 4.03. The highest BCUT2D eigenvalue weighted by Crippen LogP contribution is 2.23. The lowest BCUT2D eigenvalue weighted by atomic mass is 10.4. The van der Waals surface area contributed by atoms with Gasteiger partial charge in [0.2, 0.25) is 10.0 Å². The molecule has 2 heterocycles. The second kappa shape index (κ2) is 6.43. The highest BCUT2D eigenvalue weighted by Gasteiger charge is 2.31. The molecule has 0 amide bonds. The minimum Gasteiger partial charge on any atom is -0.329 e. The van der Waals surface area contributed by atoms with E-state index in [1.54, 1.807) is 29.9 Å². The van der Waals surface area contributed by atoms with Crippen molar-refractivity contribution in [1.29, 1.82) is 0 Å². The van der Waals surface area contributed by atoms with Gasteiger partial charge in [0.05, 0.1) is 11.4 Å². The quantitative estimate of drug-likeness (QED) is 0.824. The lowest BCUT2D eigenvalue weighted by Gasteiger charge is -2.21. The molecule has 1 aromatic rings. The highest BCUT2D eigenvalue weighted by molar-refractivity contribution is 7.89. The molecule has 0 aliphatic carbocycles. The molecule has 2 rings (SSSR count). The molecule has 0 bridgehead atoms. The summed E-state index contributed by atoms with van der Waals surface area (Å²) in [6, 6.07) is 0. The Morgan fingerprint density at radius 1 is 1.19 bits per heavy atom. The largest absolute Gasteiger partial charge is 0.329 e. The molecule has 0 unspecified atom stereocenters. The van der Waals surface area contributed by atoms with Crippen molar-refractivity contribution in [3.8, 4) is 0 Å². The number of nitrogens with zero attached hydrogens (tertiary/aromatic N) is 4. The molecule has 120 valence electrons. The van der Waals surface area contributed by atoms with E-state index in [4.69, 9.17) is 5.73 Å². The molecule has 8 heteroatoms. The van der Waals surface area contributed by atoms with Gasteiger partial charge in [-0.15, -0.1) is 0 Å². The summed E-state index contributed by atoms with van der Waals surface area (Å²) in [5.74, 6) is 0. The van der Waals surface area contributed by atoms with Gasteiger partial charge in [0, 0.05) is 39.8 Å². The molecule has 2 N–H and O–H groups in total. The molecule has 0 saturated carbocycles. The normalized spacial score (nSPS) is 18.9. The Morgan fingerprint density at radius 3 is 2.48 bits per heavy atom. The molecular formula is C13H25N5O2S. The second-order valence-electron chi connectivity index (χ2n) is 5.51.